The molecule has 4 N–H and O–H groups in total. The van der Waals surface area contributed by atoms with Crippen LogP contribution in [-0.2, 0) is 19.1 Å². The Morgan fingerprint density at radius 3 is 0.889 bits per heavy atom. The van der Waals surface area contributed by atoms with E-state index in [9.17, 15) is 0 Å². The molecule has 0 heterocycles. The molecule has 0 unspecified atom stereocenters. The first-order valence-electron chi connectivity index (χ1n) is 3.37. The molecule has 0 bridgehead atoms. The average Bonchev–Trinajstić information content (AvgIpc) is 1.93. The third kappa shape index (κ3) is 8.61. The van der Waals surface area contributed by atoms with E-state index in [1.54, 1.807) is 0 Å². The molecule has 0 aromatic rings. The molecule has 9 heavy (non-hydrogen) atoms. The third-order valence-corrected chi connectivity index (χ3v) is 1.50. The average molecular weight is 311 g/mol. The Labute approximate surface area is 66.5 Å². The molecule has 0 aromatic carbocycles. The fourth-order valence-corrected chi connectivity index (χ4v) is 1.06. The maximum atomic E-state index is 4.74. The van der Waals surface area contributed by atoms with Crippen LogP contribution in [0.15, 0.2) is 0 Å². The van der Waals surface area contributed by atoms with Gasteiger partial charge in [-0.15, -0.1) is 0 Å². The van der Waals surface area contributed by atoms with Crippen molar-refractivity contribution in [3.8, 4) is 0 Å². The van der Waals surface area contributed by atoms with Gasteiger partial charge in [-0.1, -0.05) is 38.5 Å². The van der Waals surface area contributed by atoms with E-state index < -0.39 is 19.1 Å². The summed E-state index contributed by atoms with van der Waals surface area (Å²) in [4.78, 5) is 0. The molecular weight excluding hydrogens is 295 g/mol. The second kappa shape index (κ2) is 8.61. The SMILES string of the molecule is C1CCCCC1.[NH2][Pt][NH2]. The van der Waals surface area contributed by atoms with Gasteiger partial charge in [0.05, 0.1) is 0 Å². The second-order valence-corrected chi connectivity index (χ2v) is 2.98. The summed E-state index contributed by atoms with van der Waals surface area (Å²) in [7, 11) is 0. The van der Waals surface area contributed by atoms with Crippen molar-refractivity contribution < 1.29 is 19.1 Å². The van der Waals surface area contributed by atoms with E-state index in [0.717, 1.165) is 0 Å². The zero-order valence-electron chi connectivity index (χ0n) is 5.71. The number of nitrogens with two attached hydrogens (primary N) is 2. The Bertz CT molecular complexity index is 34.8. The molecule has 0 atom stereocenters. The molecule has 0 aromatic heterocycles. The van der Waals surface area contributed by atoms with Gasteiger partial charge in [-0.3, -0.25) is 0 Å². The van der Waals surface area contributed by atoms with Crippen molar-refractivity contribution in [2.45, 2.75) is 38.5 Å². The van der Waals surface area contributed by atoms with E-state index in [0.29, 0.717) is 0 Å². The van der Waals surface area contributed by atoms with E-state index in [1.807, 2.05) is 0 Å². The van der Waals surface area contributed by atoms with E-state index in [4.69, 9.17) is 8.58 Å². The monoisotopic (exact) mass is 311 g/mol. The summed E-state index contributed by atoms with van der Waals surface area (Å²) in [6, 6.07) is 0. The van der Waals surface area contributed by atoms with Gasteiger partial charge in [0.2, 0.25) is 0 Å². The summed E-state index contributed by atoms with van der Waals surface area (Å²) in [6.45, 7) is 0. The van der Waals surface area contributed by atoms with Crippen LogP contribution in [0.5, 0.6) is 0 Å². The van der Waals surface area contributed by atoms with Gasteiger partial charge in [0.15, 0.2) is 0 Å². The van der Waals surface area contributed by atoms with E-state index in [2.05, 4.69) is 0 Å². The van der Waals surface area contributed by atoms with Gasteiger partial charge in [0, 0.05) is 0 Å². The van der Waals surface area contributed by atoms with Gasteiger partial charge >= 0.3 is 27.6 Å². The minimum absolute atomic E-state index is 0.417. The van der Waals surface area contributed by atoms with Crippen molar-refractivity contribution in [3.63, 3.8) is 0 Å². The van der Waals surface area contributed by atoms with Crippen LogP contribution in [0.2, 0.25) is 0 Å². The zero-order chi connectivity index (χ0) is 6.95. The molecular formula is C6H16N2Pt. The summed E-state index contributed by atoms with van der Waals surface area (Å²) in [5.41, 5.74) is 0. The van der Waals surface area contributed by atoms with Gasteiger partial charge in [-0.2, -0.15) is 0 Å². The topological polar surface area (TPSA) is 52.0 Å². The molecule has 1 saturated carbocycles. The molecule has 60 valence electrons. The van der Waals surface area contributed by atoms with Crippen molar-refractivity contribution in [1.82, 2.24) is 0 Å². The normalized spacial score (nSPS) is 18.4. The second-order valence-electron chi connectivity index (χ2n) is 2.23. The van der Waals surface area contributed by atoms with Crippen LogP contribution in [0.1, 0.15) is 38.5 Å². The van der Waals surface area contributed by atoms with Gasteiger partial charge < -0.3 is 0 Å². The Morgan fingerprint density at radius 1 is 0.667 bits per heavy atom. The standard InChI is InChI=1S/C6H12.2H2N.Pt/c1-2-4-6-5-3-1;;;/h1-6H2;2*1H2;/q;2*-1;+2. The van der Waals surface area contributed by atoms with Crippen LogP contribution in [-0.4, -0.2) is 0 Å². The van der Waals surface area contributed by atoms with Crippen molar-refractivity contribution >= 4 is 0 Å². The molecule has 0 saturated heterocycles. The number of hydrogen-bond acceptors (Lipinski definition) is 2. The molecule has 0 radical (unpaired) electrons. The molecule has 1 aliphatic carbocycles. The van der Waals surface area contributed by atoms with Crippen LogP contribution in [0, 0.1) is 0 Å². The Hall–Kier alpha value is 0.608. The van der Waals surface area contributed by atoms with Gasteiger partial charge in [0.1, 0.15) is 0 Å². The third-order valence-electron chi connectivity index (χ3n) is 1.50. The first-order chi connectivity index (χ1) is 4.41. The first kappa shape index (κ1) is 9.61. The van der Waals surface area contributed by atoms with E-state index >= 15 is 0 Å². The summed E-state index contributed by atoms with van der Waals surface area (Å²) in [5, 5.41) is 0. The molecule has 2 nitrogen and oxygen atoms in total. The van der Waals surface area contributed by atoms with Crippen molar-refractivity contribution in [1.29, 1.82) is 0 Å². The van der Waals surface area contributed by atoms with Gasteiger partial charge in [-0.05, 0) is 0 Å². The Morgan fingerprint density at radius 2 is 0.778 bits per heavy atom. The van der Waals surface area contributed by atoms with Crippen molar-refractivity contribution in [3.05, 3.63) is 0 Å². The van der Waals surface area contributed by atoms with Crippen molar-refractivity contribution in [2.24, 2.45) is 8.58 Å². The molecule has 1 rings (SSSR count). The fraction of sp³-hybridized carbons (Fsp3) is 1.00. The number of rotatable bonds is 0. The zero-order valence-corrected chi connectivity index (χ0v) is 7.99. The minimum atomic E-state index is -0.417. The van der Waals surface area contributed by atoms with Gasteiger partial charge in [-0.25, -0.2) is 0 Å². The van der Waals surface area contributed by atoms with Crippen LogP contribution < -0.4 is 8.58 Å². The van der Waals surface area contributed by atoms with Crippen LogP contribution in [0.4, 0.5) is 0 Å². The van der Waals surface area contributed by atoms with Gasteiger partial charge in [0.25, 0.3) is 0 Å². The van der Waals surface area contributed by atoms with Crippen molar-refractivity contribution in [2.75, 3.05) is 0 Å². The predicted molar refractivity (Wildman–Crippen MR) is 36.1 cm³/mol. The predicted octanol–water partition coefficient (Wildman–Crippen LogP) is 1.16. The molecule has 1 fully saturated rings. The number of hydrogen-bond donors (Lipinski definition) is 2. The molecule has 3 heteroatoms. The van der Waals surface area contributed by atoms with E-state index in [1.165, 1.54) is 38.5 Å². The summed E-state index contributed by atoms with van der Waals surface area (Å²) >= 11 is -0.417. The van der Waals surface area contributed by atoms with Crippen LogP contribution in [0.25, 0.3) is 0 Å². The fourth-order valence-electron chi connectivity index (χ4n) is 1.06. The molecule has 0 spiro atoms. The first-order valence-corrected chi connectivity index (χ1v) is 5.99. The van der Waals surface area contributed by atoms with Crippen LogP contribution >= 0.6 is 0 Å². The van der Waals surface area contributed by atoms with E-state index in [-0.39, 0.29) is 0 Å². The van der Waals surface area contributed by atoms with Crippen LogP contribution in [0.3, 0.4) is 0 Å². The maximum absolute atomic E-state index is 4.74. The Balaban J connectivity index is 0.000000187. The summed E-state index contributed by atoms with van der Waals surface area (Å²) in [5.74, 6) is 0. The summed E-state index contributed by atoms with van der Waals surface area (Å²) in [6.07, 6.45) is 9.00. The quantitative estimate of drug-likeness (QED) is 0.705. The summed E-state index contributed by atoms with van der Waals surface area (Å²) < 4.78 is 9.47. The molecule has 1 aliphatic rings. The molecule has 0 amide bonds. The molecule has 0 aliphatic heterocycles. The Kier molecular flexibility index (Phi) is 9.19.